The Morgan fingerprint density at radius 2 is 1.72 bits per heavy atom. The number of hydrogen-bond acceptors (Lipinski definition) is 7. The van der Waals surface area contributed by atoms with Crippen LogP contribution in [0.15, 0.2) is 71.7 Å². The van der Waals surface area contributed by atoms with Crippen molar-refractivity contribution in [1.82, 2.24) is 25.4 Å². The minimum absolute atomic E-state index is 0.0457. The standard InChI is InChI=1S/C31H33ClN6O4Si/c1-19-36-37-31-26(16-28(39)34-18-29(40)33-17-20-5-12-24(13-6-20)43(3,4)41)35-30(21-7-9-22(32)10-8-21)25-15-23(42-2)11-14-27(25)38(19)31/h5-15,26,41H,16-18H2,1-4H3,(H,33,40)(H,34,39)/t26-/m0/s1. The number of benzene rings is 3. The molecule has 4 aromatic rings. The summed E-state index contributed by atoms with van der Waals surface area (Å²) >= 11 is 6.17. The van der Waals surface area contributed by atoms with E-state index in [2.05, 4.69) is 20.8 Å². The maximum absolute atomic E-state index is 13.1. The first kappa shape index (κ1) is 30.1. The highest BCUT2D eigenvalue weighted by Gasteiger charge is 2.30. The first-order valence-corrected chi connectivity index (χ1v) is 17.2. The van der Waals surface area contributed by atoms with Crippen LogP contribution in [-0.2, 0) is 16.1 Å². The van der Waals surface area contributed by atoms with Crippen molar-refractivity contribution >= 4 is 42.6 Å². The van der Waals surface area contributed by atoms with Gasteiger partial charge in [-0.2, -0.15) is 0 Å². The molecule has 10 nitrogen and oxygen atoms in total. The van der Waals surface area contributed by atoms with E-state index < -0.39 is 14.4 Å². The summed E-state index contributed by atoms with van der Waals surface area (Å²) in [7, 11) is -0.780. The molecule has 3 aromatic carbocycles. The number of amides is 2. The second-order valence-electron chi connectivity index (χ2n) is 10.8. The van der Waals surface area contributed by atoms with Gasteiger partial charge in [0.05, 0.1) is 31.5 Å². The first-order chi connectivity index (χ1) is 20.5. The Labute approximate surface area is 255 Å². The number of rotatable bonds is 9. The summed E-state index contributed by atoms with van der Waals surface area (Å²) in [5.74, 6) is 1.15. The number of aromatic nitrogens is 3. The molecule has 0 fully saturated rings. The van der Waals surface area contributed by atoms with Crippen LogP contribution in [0.3, 0.4) is 0 Å². The van der Waals surface area contributed by atoms with Crippen molar-refractivity contribution in [2.45, 2.75) is 39.0 Å². The molecule has 43 heavy (non-hydrogen) atoms. The van der Waals surface area contributed by atoms with Gasteiger partial charge in [0.15, 0.2) is 5.82 Å². The molecule has 1 aliphatic rings. The Balaban J connectivity index is 1.33. The monoisotopic (exact) mass is 616 g/mol. The van der Waals surface area contributed by atoms with Gasteiger partial charge in [0.2, 0.25) is 20.1 Å². The Morgan fingerprint density at radius 3 is 2.40 bits per heavy atom. The Bertz CT molecular complexity index is 1680. The third-order valence-corrected chi connectivity index (χ3v) is 9.22. The van der Waals surface area contributed by atoms with Crippen LogP contribution in [0, 0.1) is 6.92 Å². The van der Waals surface area contributed by atoms with Gasteiger partial charge in [0, 0.05) is 22.7 Å². The molecule has 5 rings (SSSR count). The van der Waals surface area contributed by atoms with E-state index in [1.54, 1.807) is 19.2 Å². The third kappa shape index (κ3) is 6.85. The zero-order chi connectivity index (χ0) is 30.7. The number of aliphatic imine (C=N–C) groups is 1. The zero-order valence-electron chi connectivity index (χ0n) is 24.4. The van der Waals surface area contributed by atoms with Crippen molar-refractivity contribution < 1.29 is 19.1 Å². The number of hydrogen-bond donors (Lipinski definition) is 3. The lowest BCUT2D eigenvalue weighted by Crippen LogP contribution is -2.41. The van der Waals surface area contributed by atoms with Crippen LogP contribution in [0.2, 0.25) is 18.1 Å². The van der Waals surface area contributed by atoms with Gasteiger partial charge < -0.3 is 20.2 Å². The Kier molecular flexibility index (Phi) is 8.76. The summed E-state index contributed by atoms with van der Waals surface area (Å²) in [6.45, 7) is 5.68. The van der Waals surface area contributed by atoms with Gasteiger partial charge in [0.25, 0.3) is 0 Å². The summed E-state index contributed by atoms with van der Waals surface area (Å²) in [6.07, 6.45) is -0.0457. The minimum atomic E-state index is -2.38. The number of ether oxygens (including phenoxy) is 1. The summed E-state index contributed by atoms with van der Waals surface area (Å²) in [4.78, 5) is 41.0. The molecule has 3 N–H and O–H groups in total. The molecule has 1 aliphatic heterocycles. The maximum atomic E-state index is 13.1. The van der Waals surface area contributed by atoms with E-state index in [4.69, 9.17) is 21.3 Å². The highest BCUT2D eigenvalue weighted by Crippen LogP contribution is 2.34. The van der Waals surface area contributed by atoms with Gasteiger partial charge in [-0.25, -0.2) is 0 Å². The van der Waals surface area contributed by atoms with Crippen LogP contribution < -0.4 is 20.6 Å². The van der Waals surface area contributed by atoms with Gasteiger partial charge in [-0.05, 0) is 61.1 Å². The lowest BCUT2D eigenvalue weighted by Gasteiger charge is -2.15. The highest BCUT2D eigenvalue weighted by molar-refractivity contribution is 6.83. The largest absolute Gasteiger partial charge is 0.497 e. The van der Waals surface area contributed by atoms with E-state index in [1.807, 2.05) is 79.2 Å². The van der Waals surface area contributed by atoms with Crippen molar-refractivity contribution in [3.63, 3.8) is 0 Å². The topological polar surface area (TPSA) is 131 Å². The molecule has 2 heterocycles. The van der Waals surface area contributed by atoms with Gasteiger partial charge >= 0.3 is 0 Å². The van der Waals surface area contributed by atoms with E-state index in [9.17, 15) is 14.4 Å². The molecular formula is C31H33ClN6O4Si. The molecule has 1 aromatic heterocycles. The average molecular weight is 617 g/mol. The summed E-state index contributed by atoms with van der Waals surface area (Å²) in [6, 6.07) is 19.9. The summed E-state index contributed by atoms with van der Waals surface area (Å²) in [5.41, 5.74) is 3.98. The van der Waals surface area contributed by atoms with Gasteiger partial charge in [0.1, 0.15) is 17.6 Å². The van der Waals surface area contributed by atoms with Crippen LogP contribution in [0.4, 0.5) is 0 Å². The third-order valence-electron chi connectivity index (χ3n) is 7.23. The van der Waals surface area contributed by atoms with Crippen LogP contribution in [0.25, 0.3) is 5.69 Å². The number of nitrogens with zero attached hydrogens (tertiary/aromatic N) is 4. The lowest BCUT2D eigenvalue weighted by molar-refractivity contribution is -0.126. The smallest absolute Gasteiger partial charge is 0.239 e. The molecule has 0 aliphatic carbocycles. The van der Waals surface area contributed by atoms with Gasteiger partial charge in [-0.3, -0.25) is 19.1 Å². The molecule has 0 bridgehead atoms. The summed E-state index contributed by atoms with van der Waals surface area (Å²) in [5, 5.41) is 15.7. The van der Waals surface area contributed by atoms with Crippen LogP contribution in [0.5, 0.6) is 5.75 Å². The summed E-state index contributed by atoms with van der Waals surface area (Å²) < 4.78 is 7.41. The van der Waals surface area contributed by atoms with Gasteiger partial charge in [-0.15, -0.1) is 10.2 Å². The molecule has 2 amide bonds. The molecule has 1 atom stereocenters. The van der Waals surface area contributed by atoms with Crippen molar-refractivity contribution in [3.05, 3.63) is 100 Å². The van der Waals surface area contributed by atoms with Crippen LogP contribution >= 0.6 is 11.6 Å². The SMILES string of the molecule is COc1ccc2c(c1)C(c1ccc(Cl)cc1)=N[C@@H](CC(=O)NCC(=O)NCc1ccc([Si](C)(C)O)cc1)c1nnc(C)n1-2. The number of methoxy groups -OCH3 is 1. The van der Waals surface area contributed by atoms with Crippen molar-refractivity contribution in [2.24, 2.45) is 4.99 Å². The molecular weight excluding hydrogens is 584 g/mol. The average Bonchev–Trinajstić information content (AvgIpc) is 3.31. The molecule has 0 spiro atoms. The maximum Gasteiger partial charge on any atom is 0.239 e. The number of aryl methyl sites for hydroxylation is 1. The number of halogens is 1. The van der Waals surface area contributed by atoms with E-state index in [0.717, 1.165) is 27.6 Å². The zero-order valence-corrected chi connectivity index (χ0v) is 26.1. The normalized spacial score (nSPS) is 14.2. The molecule has 222 valence electrons. The molecule has 0 unspecified atom stereocenters. The number of nitrogens with one attached hydrogen (secondary N) is 2. The Morgan fingerprint density at radius 1 is 1.00 bits per heavy atom. The first-order valence-electron chi connectivity index (χ1n) is 13.8. The molecule has 12 heteroatoms. The molecule has 0 saturated heterocycles. The second kappa shape index (κ2) is 12.5. The van der Waals surface area contributed by atoms with E-state index in [0.29, 0.717) is 34.7 Å². The van der Waals surface area contributed by atoms with Crippen LogP contribution in [-0.4, -0.2) is 59.1 Å². The predicted molar refractivity (Wildman–Crippen MR) is 168 cm³/mol. The molecule has 0 saturated carbocycles. The Hall–Kier alpha value is -4.32. The van der Waals surface area contributed by atoms with Crippen molar-refractivity contribution in [1.29, 1.82) is 0 Å². The van der Waals surface area contributed by atoms with E-state index in [-0.39, 0.29) is 24.8 Å². The predicted octanol–water partition coefficient (Wildman–Crippen LogP) is 3.36. The highest BCUT2D eigenvalue weighted by atomic mass is 35.5. The van der Waals surface area contributed by atoms with Gasteiger partial charge in [-0.1, -0.05) is 48.0 Å². The van der Waals surface area contributed by atoms with Crippen molar-refractivity contribution in [2.75, 3.05) is 13.7 Å². The van der Waals surface area contributed by atoms with E-state index >= 15 is 0 Å². The fourth-order valence-electron chi connectivity index (χ4n) is 4.90. The van der Waals surface area contributed by atoms with Crippen molar-refractivity contribution in [3.8, 4) is 11.4 Å². The van der Waals surface area contributed by atoms with Crippen LogP contribution in [0.1, 0.15) is 40.8 Å². The molecule has 0 radical (unpaired) electrons. The second-order valence-corrected chi connectivity index (χ2v) is 15.0. The van der Waals surface area contributed by atoms with E-state index in [1.165, 1.54) is 0 Å². The quantitative estimate of drug-likeness (QED) is 0.247. The number of carbonyl (C=O) groups is 2. The fraction of sp³-hybridized carbons (Fsp3) is 0.258. The fourth-order valence-corrected chi connectivity index (χ4v) is 6.01. The number of fused-ring (bicyclic) bond motifs is 3. The minimum Gasteiger partial charge on any atom is -0.497 e. The number of carbonyl (C=O) groups excluding carboxylic acids is 2. The lowest BCUT2D eigenvalue weighted by atomic mass is 10.00.